The van der Waals surface area contributed by atoms with Gasteiger partial charge >= 0.3 is 0 Å². The summed E-state index contributed by atoms with van der Waals surface area (Å²) in [6, 6.07) is 18.9. The molecule has 0 aliphatic carbocycles. The normalized spacial score (nSPS) is 11.2. The third-order valence-corrected chi connectivity index (χ3v) is 4.92. The average molecular weight is 347 g/mol. The van der Waals surface area contributed by atoms with Gasteiger partial charge in [0, 0.05) is 16.1 Å². The lowest BCUT2D eigenvalue weighted by Crippen LogP contribution is -1.98. The maximum Gasteiger partial charge on any atom is 0.100 e. The van der Waals surface area contributed by atoms with Crippen LogP contribution in [-0.2, 0) is 0 Å². The molecule has 0 amide bonds. The van der Waals surface area contributed by atoms with E-state index in [2.05, 4.69) is 78.9 Å². The molecule has 3 heteroatoms. The van der Waals surface area contributed by atoms with Crippen LogP contribution in [0.2, 0.25) is 5.02 Å². The Balaban J connectivity index is 2.01. The van der Waals surface area contributed by atoms with E-state index in [1.807, 2.05) is 12.4 Å². The minimum atomic E-state index is 0.774. The van der Waals surface area contributed by atoms with Gasteiger partial charge in [0.2, 0.25) is 0 Å². The first-order chi connectivity index (χ1) is 12.0. The van der Waals surface area contributed by atoms with Gasteiger partial charge in [0.1, 0.15) is 6.33 Å². The van der Waals surface area contributed by atoms with E-state index in [-0.39, 0.29) is 0 Å². The summed E-state index contributed by atoms with van der Waals surface area (Å²) in [7, 11) is 0. The first kappa shape index (κ1) is 15.9. The summed E-state index contributed by atoms with van der Waals surface area (Å²) in [6.07, 6.45) is 1.89. The Morgan fingerprint density at radius 2 is 1.64 bits per heavy atom. The number of benzene rings is 3. The molecule has 0 spiro atoms. The zero-order valence-corrected chi connectivity index (χ0v) is 15.3. The van der Waals surface area contributed by atoms with Crippen molar-refractivity contribution in [2.24, 2.45) is 0 Å². The van der Waals surface area contributed by atoms with Crippen LogP contribution in [0.25, 0.3) is 27.8 Å². The molecule has 4 aromatic rings. The van der Waals surface area contributed by atoms with E-state index in [0.717, 1.165) is 38.4 Å². The van der Waals surface area contributed by atoms with Crippen LogP contribution in [0.1, 0.15) is 16.7 Å². The van der Waals surface area contributed by atoms with Gasteiger partial charge in [0.15, 0.2) is 0 Å². The van der Waals surface area contributed by atoms with Gasteiger partial charge < -0.3 is 0 Å². The number of hydrogen-bond donors (Lipinski definition) is 0. The van der Waals surface area contributed by atoms with Crippen molar-refractivity contribution in [1.29, 1.82) is 0 Å². The van der Waals surface area contributed by atoms with Gasteiger partial charge in [-0.2, -0.15) is 0 Å². The van der Waals surface area contributed by atoms with Crippen molar-refractivity contribution < 1.29 is 0 Å². The van der Waals surface area contributed by atoms with E-state index in [1.54, 1.807) is 0 Å². The highest BCUT2D eigenvalue weighted by Crippen LogP contribution is 2.36. The molecule has 0 N–H and O–H groups in total. The number of nitrogens with zero attached hydrogens (tertiary/aromatic N) is 2. The summed E-state index contributed by atoms with van der Waals surface area (Å²) in [5, 5.41) is 0.774. The average Bonchev–Trinajstić information content (AvgIpc) is 2.98. The fourth-order valence-corrected chi connectivity index (χ4v) is 3.67. The topological polar surface area (TPSA) is 17.8 Å². The lowest BCUT2D eigenvalue weighted by Gasteiger charge is -2.16. The molecule has 0 fully saturated rings. The summed E-state index contributed by atoms with van der Waals surface area (Å²) in [5.74, 6) is 0. The zero-order chi connectivity index (χ0) is 17.6. The highest BCUT2D eigenvalue weighted by atomic mass is 35.5. The van der Waals surface area contributed by atoms with Crippen molar-refractivity contribution in [2.75, 3.05) is 0 Å². The monoisotopic (exact) mass is 346 g/mol. The molecule has 124 valence electrons. The van der Waals surface area contributed by atoms with Crippen LogP contribution < -0.4 is 0 Å². The fourth-order valence-electron chi connectivity index (χ4n) is 3.34. The SMILES string of the molecule is Cc1ccc(-c2c(C)cccc2-n2cnc3cc(C)ccc32)c(Cl)c1. The molecule has 4 rings (SSSR count). The van der Waals surface area contributed by atoms with Crippen molar-refractivity contribution >= 4 is 22.6 Å². The lowest BCUT2D eigenvalue weighted by atomic mass is 9.97. The van der Waals surface area contributed by atoms with Gasteiger partial charge in [-0.25, -0.2) is 4.98 Å². The minimum Gasteiger partial charge on any atom is -0.298 e. The lowest BCUT2D eigenvalue weighted by molar-refractivity contribution is 1.09. The van der Waals surface area contributed by atoms with E-state index in [4.69, 9.17) is 11.6 Å². The summed E-state index contributed by atoms with van der Waals surface area (Å²) in [5.41, 5.74) is 8.95. The maximum atomic E-state index is 6.58. The molecular weight excluding hydrogens is 328 g/mol. The molecule has 0 saturated carbocycles. The fraction of sp³-hybridized carbons (Fsp3) is 0.136. The summed E-state index contributed by atoms with van der Waals surface area (Å²) < 4.78 is 2.15. The number of aryl methyl sites for hydroxylation is 3. The van der Waals surface area contributed by atoms with E-state index in [0.29, 0.717) is 0 Å². The third kappa shape index (κ3) is 2.73. The van der Waals surface area contributed by atoms with Crippen LogP contribution >= 0.6 is 11.6 Å². The Hall–Kier alpha value is -2.58. The van der Waals surface area contributed by atoms with Gasteiger partial charge in [-0.05, 0) is 61.7 Å². The van der Waals surface area contributed by atoms with E-state index < -0.39 is 0 Å². The molecule has 0 radical (unpaired) electrons. The minimum absolute atomic E-state index is 0.774. The summed E-state index contributed by atoms with van der Waals surface area (Å²) in [6.45, 7) is 6.26. The molecule has 0 atom stereocenters. The van der Waals surface area contributed by atoms with Crippen molar-refractivity contribution in [3.05, 3.63) is 82.6 Å². The molecule has 0 saturated heterocycles. The Bertz CT molecular complexity index is 1090. The number of hydrogen-bond acceptors (Lipinski definition) is 1. The number of imidazole rings is 1. The number of rotatable bonds is 2. The van der Waals surface area contributed by atoms with Crippen LogP contribution in [0, 0.1) is 20.8 Å². The van der Waals surface area contributed by atoms with Gasteiger partial charge in [-0.15, -0.1) is 0 Å². The third-order valence-electron chi connectivity index (χ3n) is 4.61. The first-order valence-corrected chi connectivity index (χ1v) is 8.72. The van der Waals surface area contributed by atoms with Gasteiger partial charge in [-0.1, -0.05) is 41.9 Å². The van der Waals surface area contributed by atoms with Crippen molar-refractivity contribution in [3.8, 4) is 16.8 Å². The van der Waals surface area contributed by atoms with Crippen molar-refractivity contribution in [2.45, 2.75) is 20.8 Å². The van der Waals surface area contributed by atoms with Gasteiger partial charge in [0.05, 0.1) is 16.7 Å². The molecule has 25 heavy (non-hydrogen) atoms. The van der Waals surface area contributed by atoms with Crippen LogP contribution in [-0.4, -0.2) is 9.55 Å². The second-order valence-corrected chi connectivity index (χ2v) is 6.97. The van der Waals surface area contributed by atoms with E-state index in [9.17, 15) is 0 Å². The largest absolute Gasteiger partial charge is 0.298 e. The maximum absolute atomic E-state index is 6.58. The highest BCUT2D eigenvalue weighted by molar-refractivity contribution is 6.33. The quantitative estimate of drug-likeness (QED) is 0.418. The molecule has 0 aliphatic heterocycles. The summed E-state index contributed by atoms with van der Waals surface area (Å²) >= 11 is 6.58. The molecule has 0 bridgehead atoms. The Labute approximate surface area is 152 Å². The first-order valence-electron chi connectivity index (χ1n) is 8.35. The zero-order valence-electron chi connectivity index (χ0n) is 14.5. The van der Waals surface area contributed by atoms with Gasteiger partial charge in [0.25, 0.3) is 0 Å². The molecule has 0 aliphatic rings. The van der Waals surface area contributed by atoms with E-state index in [1.165, 1.54) is 11.1 Å². The molecule has 1 heterocycles. The smallest absolute Gasteiger partial charge is 0.100 e. The second-order valence-electron chi connectivity index (χ2n) is 6.56. The number of aromatic nitrogens is 2. The van der Waals surface area contributed by atoms with Crippen LogP contribution in [0.3, 0.4) is 0 Å². The Morgan fingerprint density at radius 1 is 0.880 bits per heavy atom. The molecular formula is C22H19ClN2. The van der Waals surface area contributed by atoms with Crippen molar-refractivity contribution in [3.63, 3.8) is 0 Å². The number of halogens is 1. The Kier molecular flexibility index (Phi) is 3.85. The Morgan fingerprint density at radius 3 is 2.44 bits per heavy atom. The van der Waals surface area contributed by atoms with Crippen LogP contribution in [0.15, 0.2) is 60.9 Å². The molecule has 0 unspecified atom stereocenters. The molecule has 3 aromatic carbocycles. The van der Waals surface area contributed by atoms with Crippen LogP contribution in [0.4, 0.5) is 0 Å². The molecule has 2 nitrogen and oxygen atoms in total. The molecule has 1 aromatic heterocycles. The van der Waals surface area contributed by atoms with Crippen molar-refractivity contribution in [1.82, 2.24) is 9.55 Å². The van der Waals surface area contributed by atoms with E-state index >= 15 is 0 Å². The van der Waals surface area contributed by atoms with Gasteiger partial charge in [-0.3, -0.25) is 4.57 Å². The predicted octanol–water partition coefficient (Wildman–Crippen LogP) is 6.27. The summed E-state index contributed by atoms with van der Waals surface area (Å²) in [4.78, 5) is 4.59. The standard InChI is InChI=1S/C22H19ClN2/c1-14-7-9-17(18(23)11-14)22-16(3)5-4-6-21(22)25-13-24-19-12-15(2)8-10-20(19)25/h4-13H,1-3H3. The second kappa shape index (κ2) is 6.05. The van der Waals surface area contributed by atoms with Crippen LogP contribution in [0.5, 0.6) is 0 Å². The predicted molar refractivity (Wildman–Crippen MR) is 106 cm³/mol. The highest BCUT2D eigenvalue weighted by Gasteiger charge is 2.15. The number of fused-ring (bicyclic) bond motifs is 1.